The van der Waals surface area contributed by atoms with E-state index in [0.29, 0.717) is 30.0 Å². The van der Waals surface area contributed by atoms with Gasteiger partial charge in [-0.05, 0) is 44.2 Å². The lowest BCUT2D eigenvalue weighted by molar-refractivity contribution is 0.0947. The van der Waals surface area contributed by atoms with E-state index < -0.39 is 0 Å². The van der Waals surface area contributed by atoms with Crippen LogP contribution in [0.15, 0.2) is 24.3 Å². The van der Waals surface area contributed by atoms with E-state index in [0.717, 1.165) is 31.4 Å². The van der Waals surface area contributed by atoms with Gasteiger partial charge in [0, 0.05) is 31.3 Å². The minimum absolute atomic E-state index is 0.0770. The van der Waals surface area contributed by atoms with Crippen molar-refractivity contribution >= 4 is 5.91 Å². The van der Waals surface area contributed by atoms with Crippen LogP contribution in [0, 0.1) is 0 Å². The summed E-state index contributed by atoms with van der Waals surface area (Å²) < 4.78 is 12.3. The molecule has 0 bridgehead atoms. The van der Waals surface area contributed by atoms with Crippen LogP contribution in [-0.2, 0) is 11.8 Å². The van der Waals surface area contributed by atoms with E-state index in [-0.39, 0.29) is 5.91 Å². The van der Waals surface area contributed by atoms with Crippen molar-refractivity contribution in [2.45, 2.75) is 38.2 Å². The summed E-state index contributed by atoms with van der Waals surface area (Å²) in [5.41, 5.74) is 1.39. The number of benzene rings is 1. The van der Waals surface area contributed by atoms with Crippen LogP contribution in [0.2, 0.25) is 0 Å². The fourth-order valence-corrected chi connectivity index (χ4v) is 3.14. The van der Waals surface area contributed by atoms with Crippen LogP contribution in [-0.4, -0.2) is 47.0 Å². The summed E-state index contributed by atoms with van der Waals surface area (Å²) in [5.74, 6) is 0.461. The molecule has 140 valence electrons. The van der Waals surface area contributed by atoms with Crippen LogP contribution in [0.4, 0.5) is 0 Å². The lowest BCUT2D eigenvalue weighted by atomic mass is 10.1. The molecule has 1 aliphatic heterocycles. The quantitative estimate of drug-likeness (QED) is 0.734. The third-order valence-electron chi connectivity index (χ3n) is 4.55. The third-order valence-corrected chi connectivity index (χ3v) is 4.55. The monoisotopic (exact) mass is 358 g/mol. The van der Waals surface area contributed by atoms with E-state index in [1.165, 1.54) is 12.8 Å². The first kappa shape index (κ1) is 18.4. The number of unbranched alkanes of at least 4 members (excludes halogenated alkanes) is 1. The molecule has 1 amide bonds. The summed E-state index contributed by atoms with van der Waals surface area (Å²) in [7, 11) is 3.32. The number of carbonyl (C=O) groups is 1. The molecule has 0 spiro atoms. The largest absolute Gasteiger partial charge is 0.467 e. The molecule has 1 N–H and O–H groups in total. The minimum Gasteiger partial charge on any atom is -0.467 e. The van der Waals surface area contributed by atoms with E-state index >= 15 is 0 Å². The molecule has 7 nitrogen and oxygen atoms in total. The van der Waals surface area contributed by atoms with E-state index in [9.17, 15) is 4.79 Å². The van der Waals surface area contributed by atoms with Crippen molar-refractivity contribution in [3.63, 3.8) is 0 Å². The van der Waals surface area contributed by atoms with Gasteiger partial charge in [-0.25, -0.2) is 4.68 Å². The van der Waals surface area contributed by atoms with Gasteiger partial charge in [0.15, 0.2) is 5.82 Å². The van der Waals surface area contributed by atoms with Gasteiger partial charge >= 0.3 is 6.01 Å². The highest BCUT2D eigenvalue weighted by Crippen LogP contribution is 2.20. The maximum Gasteiger partial charge on any atom is 0.314 e. The Morgan fingerprint density at radius 1 is 1.42 bits per heavy atom. The molecule has 1 fully saturated rings. The molecule has 26 heavy (non-hydrogen) atoms. The Hall–Kier alpha value is -2.41. The zero-order valence-corrected chi connectivity index (χ0v) is 15.4. The number of hydrogen-bond acceptors (Lipinski definition) is 5. The van der Waals surface area contributed by atoms with E-state index in [1.54, 1.807) is 31.0 Å². The number of rotatable bonds is 8. The molecule has 0 radical (unpaired) electrons. The van der Waals surface area contributed by atoms with Gasteiger partial charge in [0.1, 0.15) is 0 Å². The Bertz CT molecular complexity index is 738. The molecule has 0 aliphatic carbocycles. The van der Waals surface area contributed by atoms with Gasteiger partial charge in [0.25, 0.3) is 5.91 Å². The molecule has 1 aliphatic rings. The number of hydrogen-bond donors (Lipinski definition) is 1. The van der Waals surface area contributed by atoms with Gasteiger partial charge in [-0.15, -0.1) is 5.10 Å². The molecule has 0 saturated carbocycles. The second-order valence-electron chi connectivity index (χ2n) is 6.51. The zero-order chi connectivity index (χ0) is 18.4. The van der Waals surface area contributed by atoms with Crippen molar-refractivity contribution in [1.82, 2.24) is 20.1 Å². The lowest BCUT2D eigenvalue weighted by Crippen LogP contribution is -2.24. The molecule has 1 atom stereocenters. The molecule has 2 aromatic rings. The first-order chi connectivity index (χ1) is 12.7. The highest BCUT2D eigenvalue weighted by molar-refractivity contribution is 5.95. The summed E-state index contributed by atoms with van der Waals surface area (Å²) in [6.45, 7) is 1.57. The van der Waals surface area contributed by atoms with Gasteiger partial charge in [-0.3, -0.25) is 4.79 Å². The summed E-state index contributed by atoms with van der Waals surface area (Å²) in [6.07, 6.45) is 5.89. The van der Waals surface area contributed by atoms with Crippen molar-refractivity contribution in [3.8, 4) is 17.4 Å². The van der Waals surface area contributed by atoms with Gasteiger partial charge in [0.2, 0.25) is 0 Å². The second-order valence-corrected chi connectivity index (χ2v) is 6.51. The van der Waals surface area contributed by atoms with Crippen molar-refractivity contribution < 1.29 is 14.3 Å². The summed E-state index contributed by atoms with van der Waals surface area (Å²) >= 11 is 0. The molecule has 7 heteroatoms. The number of ether oxygens (including phenoxy) is 2. The highest BCUT2D eigenvalue weighted by atomic mass is 16.5. The van der Waals surface area contributed by atoms with Gasteiger partial charge in [-0.1, -0.05) is 12.1 Å². The zero-order valence-electron chi connectivity index (χ0n) is 15.4. The normalized spacial score (nSPS) is 16.6. The fraction of sp³-hybridized carbons (Fsp3) is 0.526. The average molecular weight is 358 g/mol. The van der Waals surface area contributed by atoms with Crippen LogP contribution >= 0.6 is 0 Å². The lowest BCUT2D eigenvalue weighted by Gasteiger charge is -2.09. The van der Waals surface area contributed by atoms with Gasteiger partial charge in [0.05, 0.1) is 13.2 Å². The van der Waals surface area contributed by atoms with Crippen molar-refractivity contribution in [1.29, 1.82) is 0 Å². The first-order valence-electron chi connectivity index (χ1n) is 9.12. The molecule has 1 saturated heterocycles. The van der Waals surface area contributed by atoms with Gasteiger partial charge in [-0.2, -0.15) is 4.98 Å². The Kier molecular flexibility index (Phi) is 6.22. The number of aryl methyl sites for hydroxylation is 1. The number of aromatic nitrogens is 3. The number of nitrogens with zero attached hydrogens (tertiary/aromatic N) is 3. The van der Waals surface area contributed by atoms with E-state index in [2.05, 4.69) is 15.4 Å². The average Bonchev–Trinajstić information content (AvgIpc) is 3.30. The molecule has 1 aromatic carbocycles. The molecule has 1 unspecified atom stereocenters. The SMILES string of the molecule is COc1nc(-c2cccc(C(=O)NCCCCC3CCCO3)c2)nn1C. The Morgan fingerprint density at radius 3 is 3.04 bits per heavy atom. The maximum atomic E-state index is 12.4. The number of carbonyl (C=O) groups excluding carboxylic acids is 1. The van der Waals surface area contributed by atoms with Crippen LogP contribution in [0.1, 0.15) is 42.5 Å². The molecular formula is C19H26N4O3. The van der Waals surface area contributed by atoms with Crippen molar-refractivity contribution in [3.05, 3.63) is 29.8 Å². The predicted octanol–water partition coefficient (Wildman–Crippen LogP) is 2.57. The Balaban J connectivity index is 1.51. The van der Waals surface area contributed by atoms with Crippen LogP contribution in [0.3, 0.4) is 0 Å². The Labute approximate surface area is 153 Å². The molecule has 2 heterocycles. The van der Waals surface area contributed by atoms with Crippen LogP contribution in [0.25, 0.3) is 11.4 Å². The maximum absolute atomic E-state index is 12.4. The summed E-state index contributed by atoms with van der Waals surface area (Å²) in [5, 5.41) is 7.29. The fourth-order valence-electron chi connectivity index (χ4n) is 3.14. The molecule has 3 rings (SSSR count). The van der Waals surface area contributed by atoms with E-state index in [1.807, 2.05) is 12.1 Å². The van der Waals surface area contributed by atoms with E-state index in [4.69, 9.17) is 9.47 Å². The summed E-state index contributed by atoms with van der Waals surface area (Å²) in [6, 6.07) is 7.75. The smallest absolute Gasteiger partial charge is 0.314 e. The topological polar surface area (TPSA) is 78.3 Å². The number of amides is 1. The molecular weight excluding hydrogens is 332 g/mol. The third kappa shape index (κ3) is 4.60. The predicted molar refractivity (Wildman–Crippen MR) is 98.1 cm³/mol. The minimum atomic E-state index is -0.0770. The standard InChI is InChI=1S/C19H26N4O3/c1-23-19(25-2)21-17(22-23)14-7-5-8-15(13-14)18(24)20-11-4-3-9-16-10-6-12-26-16/h5,7-8,13,16H,3-4,6,9-12H2,1-2H3,(H,20,24). The van der Waals surface area contributed by atoms with Crippen LogP contribution < -0.4 is 10.1 Å². The van der Waals surface area contributed by atoms with Crippen LogP contribution in [0.5, 0.6) is 6.01 Å². The van der Waals surface area contributed by atoms with Crippen molar-refractivity contribution in [2.75, 3.05) is 20.3 Å². The first-order valence-corrected chi connectivity index (χ1v) is 9.12. The molecule has 1 aromatic heterocycles. The Morgan fingerprint density at radius 2 is 2.31 bits per heavy atom. The second kappa shape index (κ2) is 8.80. The van der Waals surface area contributed by atoms with Crippen molar-refractivity contribution in [2.24, 2.45) is 7.05 Å². The summed E-state index contributed by atoms with van der Waals surface area (Å²) in [4.78, 5) is 16.7. The van der Waals surface area contributed by atoms with Gasteiger partial charge < -0.3 is 14.8 Å². The highest BCUT2D eigenvalue weighted by Gasteiger charge is 2.15. The number of nitrogens with one attached hydrogen (secondary N) is 1. The number of methoxy groups -OCH3 is 1.